The Morgan fingerprint density at radius 1 is 1.11 bits per heavy atom. The molecule has 0 fully saturated rings. The van der Waals surface area contributed by atoms with E-state index in [1.165, 1.54) is 10.9 Å². The Morgan fingerprint density at radius 2 is 1.86 bits per heavy atom. The topological polar surface area (TPSA) is 82.4 Å². The van der Waals surface area contributed by atoms with Crippen LogP contribution in [0, 0.1) is 11.8 Å². The molecular weight excluding hydrogens is 358 g/mol. The van der Waals surface area contributed by atoms with Crippen molar-refractivity contribution in [3.63, 3.8) is 0 Å². The lowest BCUT2D eigenvalue weighted by atomic mass is 10.2. The summed E-state index contributed by atoms with van der Waals surface area (Å²) < 4.78 is 12.0. The predicted octanol–water partition coefficient (Wildman–Crippen LogP) is 1.60. The lowest BCUT2D eigenvalue weighted by Crippen LogP contribution is -2.32. The smallest absolute Gasteiger partial charge is 0.261 e. The van der Waals surface area contributed by atoms with Gasteiger partial charge < -0.3 is 14.8 Å². The minimum atomic E-state index is -0.320. The van der Waals surface area contributed by atoms with E-state index in [0.717, 1.165) is 0 Å². The van der Waals surface area contributed by atoms with E-state index in [1.807, 2.05) is 18.2 Å². The summed E-state index contributed by atoms with van der Waals surface area (Å²) in [5.74, 6) is 6.53. The molecule has 1 N–H and O–H groups in total. The Labute approximate surface area is 161 Å². The monoisotopic (exact) mass is 377 g/mol. The second-order valence-corrected chi connectivity index (χ2v) is 5.76. The first-order valence-electron chi connectivity index (χ1n) is 8.61. The van der Waals surface area contributed by atoms with E-state index in [2.05, 4.69) is 22.1 Å². The molecule has 0 radical (unpaired) electrons. The van der Waals surface area contributed by atoms with Gasteiger partial charge in [-0.05, 0) is 24.3 Å². The Morgan fingerprint density at radius 3 is 2.68 bits per heavy atom. The molecule has 1 amide bonds. The van der Waals surface area contributed by atoms with Crippen LogP contribution in [-0.2, 0) is 11.3 Å². The summed E-state index contributed by atoms with van der Waals surface area (Å²) in [6.07, 6.45) is 1.37. The van der Waals surface area contributed by atoms with Gasteiger partial charge in [0, 0.05) is 0 Å². The van der Waals surface area contributed by atoms with E-state index >= 15 is 0 Å². The molecule has 0 aliphatic rings. The number of fused-ring (bicyclic) bond motifs is 1. The first-order chi connectivity index (χ1) is 13.7. The molecule has 0 saturated carbocycles. The first kappa shape index (κ1) is 19.0. The second kappa shape index (κ2) is 9.24. The number of benzene rings is 2. The average molecular weight is 377 g/mol. The summed E-state index contributed by atoms with van der Waals surface area (Å²) in [6.45, 7) is 0.213. The number of para-hydroxylation sites is 3. The van der Waals surface area contributed by atoms with Gasteiger partial charge in [0.05, 0.1) is 30.9 Å². The van der Waals surface area contributed by atoms with Gasteiger partial charge in [0.1, 0.15) is 13.2 Å². The summed E-state index contributed by atoms with van der Waals surface area (Å²) >= 11 is 0. The Bertz CT molecular complexity index is 1100. The molecule has 1 heterocycles. The van der Waals surface area contributed by atoms with Crippen molar-refractivity contribution in [3.05, 3.63) is 65.2 Å². The van der Waals surface area contributed by atoms with Gasteiger partial charge in [-0.3, -0.25) is 14.2 Å². The Kier molecular flexibility index (Phi) is 6.26. The van der Waals surface area contributed by atoms with Crippen molar-refractivity contribution in [3.8, 4) is 23.3 Å². The fourth-order valence-corrected chi connectivity index (χ4v) is 2.54. The Balaban J connectivity index is 1.49. The van der Waals surface area contributed by atoms with Gasteiger partial charge in [-0.25, -0.2) is 4.98 Å². The van der Waals surface area contributed by atoms with Gasteiger partial charge in [-0.2, -0.15) is 0 Å². The molecule has 0 spiro atoms. The van der Waals surface area contributed by atoms with Gasteiger partial charge in [-0.1, -0.05) is 36.1 Å². The maximum absolute atomic E-state index is 12.4. The number of methoxy groups -OCH3 is 1. The quantitative estimate of drug-likeness (QED) is 0.660. The molecule has 3 rings (SSSR count). The highest BCUT2D eigenvalue weighted by molar-refractivity contribution is 5.78. The molecule has 7 nitrogen and oxygen atoms in total. The number of hydrogen-bond donors (Lipinski definition) is 1. The van der Waals surface area contributed by atoms with Crippen LogP contribution in [0.5, 0.6) is 11.5 Å². The van der Waals surface area contributed by atoms with Crippen LogP contribution in [0.1, 0.15) is 0 Å². The summed E-state index contributed by atoms with van der Waals surface area (Å²) in [7, 11) is 1.57. The van der Waals surface area contributed by atoms with E-state index in [0.29, 0.717) is 22.4 Å². The van der Waals surface area contributed by atoms with Crippen LogP contribution in [-0.4, -0.2) is 35.7 Å². The lowest BCUT2D eigenvalue weighted by molar-refractivity contribution is -0.121. The van der Waals surface area contributed by atoms with Crippen LogP contribution in [0.25, 0.3) is 10.9 Å². The highest BCUT2D eigenvalue weighted by Gasteiger charge is 2.07. The maximum Gasteiger partial charge on any atom is 0.261 e. The molecule has 7 heteroatoms. The molecule has 1 aromatic heterocycles. The zero-order valence-electron chi connectivity index (χ0n) is 15.3. The highest BCUT2D eigenvalue weighted by atomic mass is 16.5. The van der Waals surface area contributed by atoms with Crippen LogP contribution >= 0.6 is 0 Å². The SMILES string of the molecule is COc1ccccc1OCC#CCNC(=O)Cn1cnc2ccccc2c1=O. The van der Waals surface area contributed by atoms with E-state index in [-0.39, 0.29) is 31.2 Å². The van der Waals surface area contributed by atoms with Gasteiger partial charge in [-0.15, -0.1) is 0 Å². The van der Waals surface area contributed by atoms with Gasteiger partial charge in [0.2, 0.25) is 5.91 Å². The standard InChI is InChI=1S/C21H19N3O4/c1-27-18-10-4-5-11-19(18)28-13-7-6-12-22-20(25)14-24-15-23-17-9-3-2-8-16(17)21(24)26/h2-5,8-11,15H,12-14H2,1H3,(H,22,25). The predicted molar refractivity (Wildman–Crippen MR) is 105 cm³/mol. The van der Waals surface area contributed by atoms with Crippen molar-refractivity contribution in [2.24, 2.45) is 0 Å². The molecule has 0 aliphatic heterocycles. The van der Waals surface area contributed by atoms with Crippen molar-refractivity contribution in [2.45, 2.75) is 6.54 Å². The molecule has 0 unspecified atom stereocenters. The van der Waals surface area contributed by atoms with E-state index < -0.39 is 0 Å². The summed E-state index contributed by atoms with van der Waals surface area (Å²) in [6, 6.07) is 14.3. The van der Waals surface area contributed by atoms with Crippen LogP contribution in [0.2, 0.25) is 0 Å². The van der Waals surface area contributed by atoms with Gasteiger partial charge >= 0.3 is 0 Å². The lowest BCUT2D eigenvalue weighted by Gasteiger charge is -2.07. The Hall–Kier alpha value is -3.79. The largest absolute Gasteiger partial charge is 0.493 e. The minimum absolute atomic E-state index is 0.115. The van der Waals surface area contributed by atoms with Crippen LogP contribution < -0.4 is 20.3 Å². The van der Waals surface area contributed by atoms with E-state index in [9.17, 15) is 9.59 Å². The number of nitrogens with one attached hydrogen (secondary N) is 1. The number of nitrogens with zero attached hydrogens (tertiary/aromatic N) is 2. The number of rotatable bonds is 6. The molecule has 0 saturated heterocycles. The summed E-state index contributed by atoms with van der Waals surface area (Å²) in [5.41, 5.74) is 0.349. The number of carbonyl (C=O) groups excluding carboxylic acids is 1. The van der Waals surface area contributed by atoms with Gasteiger partial charge in [0.25, 0.3) is 5.56 Å². The molecule has 28 heavy (non-hydrogen) atoms. The van der Waals surface area contributed by atoms with Crippen LogP contribution in [0.3, 0.4) is 0 Å². The zero-order valence-corrected chi connectivity index (χ0v) is 15.3. The van der Waals surface area contributed by atoms with Crippen molar-refractivity contribution in [2.75, 3.05) is 20.3 Å². The fraction of sp³-hybridized carbons (Fsp3) is 0.190. The number of amides is 1. The summed E-state index contributed by atoms with van der Waals surface area (Å²) in [4.78, 5) is 28.6. The molecule has 2 aromatic carbocycles. The third kappa shape index (κ3) is 4.68. The molecule has 0 atom stereocenters. The minimum Gasteiger partial charge on any atom is -0.493 e. The van der Waals surface area contributed by atoms with Crippen LogP contribution in [0.15, 0.2) is 59.7 Å². The summed E-state index contributed by atoms with van der Waals surface area (Å²) in [5, 5.41) is 3.13. The normalized spacial score (nSPS) is 10.0. The fourth-order valence-electron chi connectivity index (χ4n) is 2.54. The maximum atomic E-state index is 12.4. The number of hydrogen-bond acceptors (Lipinski definition) is 5. The average Bonchev–Trinajstić information content (AvgIpc) is 2.73. The molecule has 0 bridgehead atoms. The first-order valence-corrected chi connectivity index (χ1v) is 8.61. The third-order valence-corrected chi connectivity index (χ3v) is 3.91. The van der Waals surface area contributed by atoms with Crippen molar-refractivity contribution < 1.29 is 14.3 Å². The number of carbonyl (C=O) groups is 1. The van der Waals surface area contributed by atoms with E-state index in [4.69, 9.17) is 9.47 Å². The van der Waals surface area contributed by atoms with Crippen molar-refractivity contribution >= 4 is 16.8 Å². The van der Waals surface area contributed by atoms with E-state index in [1.54, 1.807) is 37.4 Å². The molecule has 0 aliphatic carbocycles. The van der Waals surface area contributed by atoms with Crippen molar-refractivity contribution in [1.29, 1.82) is 0 Å². The zero-order chi connectivity index (χ0) is 19.8. The molecule has 3 aromatic rings. The second-order valence-electron chi connectivity index (χ2n) is 5.76. The van der Waals surface area contributed by atoms with Crippen molar-refractivity contribution in [1.82, 2.24) is 14.9 Å². The molecule has 142 valence electrons. The number of aromatic nitrogens is 2. The highest BCUT2D eigenvalue weighted by Crippen LogP contribution is 2.25. The third-order valence-electron chi connectivity index (χ3n) is 3.91. The van der Waals surface area contributed by atoms with Gasteiger partial charge in [0.15, 0.2) is 11.5 Å². The number of ether oxygens (including phenoxy) is 2. The molecular formula is C21H19N3O4. The van der Waals surface area contributed by atoms with Crippen LogP contribution in [0.4, 0.5) is 0 Å².